The van der Waals surface area contributed by atoms with Crippen LogP contribution in [-0.4, -0.2) is 31.7 Å². The van der Waals surface area contributed by atoms with Gasteiger partial charge in [-0.25, -0.2) is 13.4 Å². The van der Waals surface area contributed by atoms with Crippen LogP contribution in [0, 0.1) is 0 Å². The Kier molecular flexibility index (Phi) is 7.06. The van der Waals surface area contributed by atoms with Gasteiger partial charge in [-0.15, -0.1) is 11.3 Å². The van der Waals surface area contributed by atoms with E-state index in [1.54, 1.807) is 23.5 Å². The van der Waals surface area contributed by atoms with E-state index in [1.165, 1.54) is 12.1 Å². The van der Waals surface area contributed by atoms with Crippen molar-refractivity contribution in [2.24, 2.45) is 0 Å². The minimum Gasteiger partial charge on any atom is -0.348 e. The average molecular weight is 536 g/mol. The Hall–Kier alpha value is -1.02. The number of piperidine rings is 1. The molecule has 31 heavy (non-hydrogen) atoms. The van der Waals surface area contributed by atoms with Crippen LogP contribution < -0.4 is 4.90 Å². The van der Waals surface area contributed by atoms with Crippen LogP contribution in [-0.2, 0) is 16.3 Å². The predicted molar refractivity (Wildman–Crippen MR) is 130 cm³/mol. The Bertz CT molecular complexity index is 1190. The van der Waals surface area contributed by atoms with Crippen molar-refractivity contribution in [1.82, 2.24) is 4.98 Å². The molecule has 0 bridgehead atoms. The van der Waals surface area contributed by atoms with Crippen molar-refractivity contribution in [3.05, 3.63) is 73.1 Å². The summed E-state index contributed by atoms with van der Waals surface area (Å²) in [6, 6.07) is 9.97. The highest BCUT2D eigenvalue weighted by atomic mass is 35.5. The third-order valence-corrected chi connectivity index (χ3v) is 9.56. The molecule has 2 aromatic carbocycles. The van der Waals surface area contributed by atoms with E-state index >= 15 is 0 Å². The predicted octanol–water partition coefficient (Wildman–Crippen LogP) is 6.79. The van der Waals surface area contributed by atoms with Crippen molar-refractivity contribution in [2.75, 3.05) is 18.0 Å². The van der Waals surface area contributed by atoms with Crippen molar-refractivity contribution in [3.8, 4) is 0 Å². The first-order valence-corrected chi connectivity index (χ1v) is 13.5. The quantitative estimate of drug-likeness (QED) is 0.361. The van der Waals surface area contributed by atoms with Crippen LogP contribution in [0.15, 0.2) is 46.7 Å². The highest BCUT2D eigenvalue weighted by molar-refractivity contribution is 7.92. The van der Waals surface area contributed by atoms with Crippen LogP contribution >= 0.6 is 57.7 Å². The zero-order valence-corrected chi connectivity index (χ0v) is 20.9. The Morgan fingerprint density at radius 1 is 0.968 bits per heavy atom. The molecule has 0 amide bonds. The minimum atomic E-state index is -3.52. The summed E-state index contributed by atoms with van der Waals surface area (Å²) in [5.74, 6) is 0. The number of hydrogen-bond acceptors (Lipinski definition) is 5. The first-order valence-electron chi connectivity index (χ1n) is 9.55. The molecule has 0 atom stereocenters. The summed E-state index contributed by atoms with van der Waals surface area (Å²) in [5, 5.41) is 4.21. The molecule has 4 nitrogen and oxygen atoms in total. The highest BCUT2D eigenvalue weighted by Gasteiger charge is 2.33. The van der Waals surface area contributed by atoms with Crippen LogP contribution in [0.4, 0.5) is 5.13 Å². The minimum absolute atomic E-state index is 0.147. The van der Waals surface area contributed by atoms with Gasteiger partial charge in [-0.3, -0.25) is 0 Å². The van der Waals surface area contributed by atoms with E-state index in [1.807, 2.05) is 17.5 Å². The average Bonchev–Trinajstić information content (AvgIpc) is 3.15. The summed E-state index contributed by atoms with van der Waals surface area (Å²) in [4.78, 5) is 7.01. The number of nitrogens with zero attached hydrogens (tertiary/aromatic N) is 2. The fraction of sp³-hybridized carbons (Fsp3) is 0.286. The molecule has 0 unspecified atom stereocenters. The number of thiazole rings is 1. The lowest BCUT2D eigenvalue weighted by molar-refractivity contribution is 0.529. The standard InChI is InChI=1S/C21H18Cl4N2O2S2/c22-14-1-2-20(19(25)11-14)31(28,29)18-3-5-27(6-4-18)21-26-17(12-30-21)9-13-7-15(23)10-16(24)8-13/h1-2,7-8,10-12,18H,3-6,9H2. The van der Waals surface area contributed by atoms with Crippen molar-refractivity contribution in [2.45, 2.75) is 29.4 Å². The highest BCUT2D eigenvalue weighted by Crippen LogP contribution is 2.33. The van der Waals surface area contributed by atoms with Crippen molar-refractivity contribution in [1.29, 1.82) is 0 Å². The maximum Gasteiger partial charge on any atom is 0.185 e. The smallest absolute Gasteiger partial charge is 0.185 e. The van der Waals surface area contributed by atoms with E-state index < -0.39 is 15.1 Å². The van der Waals surface area contributed by atoms with Gasteiger partial charge in [0.25, 0.3) is 0 Å². The van der Waals surface area contributed by atoms with E-state index in [2.05, 4.69) is 4.90 Å². The molecule has 0 aliphatic carbocycles. The summed E-state index contributed by atoms with van der Waals surface area (Å²) in [6.07, 6.45) is 1.66. The van der Waals surface area contributed by atoms with Crippen LogP contribution in [0.25, 0.3) is 0 Å². The molecule has 2 heterocycles. The number of aromatic nitrogens is 1. The zero-order valence-electron chi connectivity index (χ0n) is 16.2. The summed E-state index contributed by atoms with van der Waals surface area (Å²) in [5.41, 5.74) is 1.93. The second-order valence-corrected chi connectivity index (χ2v) is 12.1. The Morgan fingerprint density at radius 3 is 2.29 bits per heavy atom. The molecule has 0 spiro atoms. The van der Waals surface area contributed by atoms with Crippen LogP contribution in [0.1, 0.15) is 24.1 Å². The maximum absolute atomic E-state index is 13.0. The summed E-state index contributed by atoms with van der Waals surface area (Å²) in [7, 11) is -3.52. The Labute approximate surface area is 205 Å². The van der Waals surface area contributed by atoms with Gasteiger partial charge in [0.1, 0.15) is 0 Å². The molecule has 0 N–H and O–H groups in total. The molecule has 10 heteroatoms. The van der Waals surface area contributed by atoms with Crippen LogP contribution in [0.5, 0.6) is 0 Å². The summed E-state index contributed by atoms with van der Waals surface area (Å²) < 4.78 is 26.1. The van der Waals surface area contributed by atoms with Gasteiger partial charge in [0, 0.05) is 40.0 Å². The van der Waals surface area contributed by atoms with E-state index in [-0.39, 0.29) is 9.92 Å². The van der Waals surface area contributed by atoms with Gasteiger partial charge >= 0.3 is 0 Å². The Balaban J connectivity index is 1.42. The molecule has 4 rings (SSSR count). The van der Waals surface area contributed by atoms with Gasteiger partial charge in [0.15, 0.2) is 15.0 Å². The molecule has 1 fully saturated rings. The molecular weight excluding hydrogens is 518 g/mol. The van der Waals surface area contributed by atoms with Crippen LogP contribution in [0.3, 0.4) is 0 Å². The van der Waals surface area contributed by atoms with E-state index in [4.69, 9.17) is 51.4 Å². The largest absolute Gasteiger partial charge is 0.348 e. The summed E-state index contributed by atoms with van der Waals surface area (Å²) >= 11 is 25.8. The van der Waals surface area contributed by atoms with Gasteiger partial charge in [0.05, 0.1) is 20.9 Å². The molecule has 1 aromatic heterocycles. The van der Waals surface area contributed by atoms with E-state index in [0.29, 0.717) is 47.4 Å². The molecule has 164 valence electrons. The second-order valence-electron chi connectivity index (χ2n) is 7.38. The molecule has 1 saturated heterocycles. The third kappa shape index (κ3) is 5.32. The SMILES string of the molecule is O=S(=O)(c1ccc(Cl)cc1Cl)C1CCN(c2nc(Cc3cc(Cl)cc(Cl)c3)cs2)CC1. The normalized spacial score (nSPS) is 15.4. The molecule has 3 aromatic rings. The molecular formula is C21H18Cl4N2O2S2. The van der Waals surface area contributed by atoms with Gasteiger partial charge in [-0.2, -0.15) is 0 Å². The van der Waals surface area contributed by atoms with Crippen LogP contribution in [0.2, 0.25) is 20.1 Å². The fourth-order valence-corrected chi connectivity index (χ4v) is 7.65. The monoisotopic (exact) mass is 534 g/mol. The number of halogens is 4. The molecule has 0 saturated carbocycles. The lowest BCUT2D eigenvalue weighted by Crippen LogP contribution is -2.39. The summed E-state index contributed by atoms with van der Waals surface area (Å²) in [6.45, 7) is 1.23. The zero-order chi connectivity index (χ0) is 22.2. The van der Waals surface area contributed by atoms with Gasteiger partial charge < -0.3 is 4.90 Å². The molecule has 0 radical (unpaired) electrons. The lowest BCUT2D eigenvalue weighted by Gasteiger charge is -2.31. The Morgan fingerprint density at radius 2 is 1.65 bits per heavy atom. The topological polar surface area (TPSA) is 50.3 Å². The number of sulfone groups is 1. The van der Waals surface area contributed by atoms with E-state index in [9.17, 15) is 8.42 Å². The number of rotatable bonds is 5. The maximum atomic E-state index is 13.0. The third-order valence-electron chi connectivity index (χ3n) is 5.20. The molecule has 1 aliphatic rings. The first kappa shape index (κ1) is 23.1. The van der Waals surface area contributed by atoms with E-state index in [0.717, 1.165) is 16.4 Å². The second kappa shape index (κ2) is 9.46. The fourth-order valence-electron chi connectivity index (χ4n) is 3.69. The van der Waals surface area contributed by atoms with Crippen molar-refractivity contribution < 1.29 is 8.42 Å². The van der Waals surface area contributed by atoms with Crippen molar-refractivity contribution in [3.63, 3.8) is 0 Å². The first-order chi connectivity index (χ1) is 14.7. The van der Waals surface area contributed by atoms with Gasteiger partial charge in [-0.1, -0.05) is 46.4 Å². The van der Waals surface area contributed by atoms with Gasteiger partial charge in [-0.05, 0) is 54.8 Å². The number of hydrogen-bond donors (Lipinski definition) is 0. The van der Waals surface area contributed by atoms with Crippen molar-refractivity contribution >= 4 is 72.7 Å². The lowest BCUT2D eigenvalue weighted by atomic mass is 10.1. The number of benzene rings is 2. The molecule has 1 aliphatic heterocycles. The van der Waals surface area contributed by atoms with Gasteiger partial charge in [0.2, 0.25) is 0 Å². The number of anilines is 1.